The van der Waals surface area contributed by atoms with E-state index < -0.39 is 11.6 Å². The van der Waals surface area contributed by atoms with Gasteiger partial charge in [-0.2, -0.15) is 13.2 Å². The van der Waals surface area contributed by atoms with Gasteiger partial charge in [0.2, 0.25) is 0 Å². The zero-order valence-corrected chi connectivity index (χ0v) is 13.5. The van der Waals surface area contributed by atoms with Gasteiger partial charge in [0.05, 0.1) is 10.00 Å². The van der Waals surface area contributed by atoms with Crippen molar-refractivity contribution in [2.45, 2.75) is 24.6 Å². The van der Waals surface area contributed by atoms with Crippen molar-refractivity contribution >= 4 is 23.5 Å². The summed E-state index contributed by atoms with van der Waals surface area (Å²) in [5, 5.41) is 0. The van der Waals surface area contributed by atoms with Gasteiger partial charge in [-0.05, 0) is 35.1 Å². The van der Waals surface area contributed by atoms with E-state index in [0.717, 1.165) is 11.1 Å². The van der Waals surface area contributed by atoms with Gasteiger partial charge in [-0.3, -0.25) is 0 Å². The molecule has 0 spiro atoms. The number of alkyl halides is 3. The lowest BCUT2D eigenvalue weighted by Gasteiger charge is -2.39. The molecule has 0 atom stereocenters. The van der Waals surface area contributed by atoms with Crippen molar-refractivity contribution in [1.29, 1.82) is 0 Å². The van der Waals surface area contributed by atoms with E-state index in [0.29, 0.717) is 11.5 Å². The van der Waals surface area contributed by atoms with Crippen molar-refractivity contribution in [2.24, 2.45) is 11.3 Å². The molecule has 1 aliphatic rings. The Hall–Kier alpha value is -0.730. The van der Waals surface area contributed by atoms with Gasteiger partial charge in [0.1, 0.15) is 0 Å². The summed E-state index contributed by atoms with van der Waals surface area (Å²) >= 11 is 3.18. The molecule has 0 radical (unpaired) electrons. The molecule has 0 amide bonds. The number of hydrogen-bond acceptors (Lipinski definition) is 2. The SMILES string of the molecule is C#Cc1ccc(C2SCC(C(C)(C)C(F)(F)F)CS2)cc1. The monoisotopic (exact) mass is 330 g/mol. The maximum atomic E-state index is 13.1. The summed E-state index contributed by atoms with van der Waals surface area (Å²) in [5.41, 5.74) is 0.304. The molecule has 0 N–H and O–H groups in total. The Morgan fingerprint density at radius 3 is 2.05 bits per heavy atom. The van der Waals surface area contributed by atoms with E-state index in [1.54, 1.807) is 23.5 Å². The summed E-state index contributed by atoms with van der Waals surface area (Å²) in [5.74, 6) is 3.27. The lowest BCUT2D eigenvalue weighted by molar-refractivity contribution is -0.224. The quantitative estimate of drug-likeness (QED) is 0.670. The highest BCUT2D eigenvalue weighted by Gasteiger charge is 2.52. The molecule has 1 aromatic carbocycles. The van der Waals surface area contributed by atoms with Crippen molar-refractivity contribution in [3.8, 4) is 12.3 Å². The third kappa shape index (κ3) is 3.54. The van der Waals surface area contributed by atoms with Crippen LogP contribution in [0.2, 0.25) is 0 Å². The predicted molar refractivity (Wildman–Crippen MR) is 85.4 cm³/mol. The van der Waals surface area contributed by atoms with Crippen LogP contribution in [0.25, 0.3) is 0 Å². The summed E-state index contributed by atoms with van der Waals surface area (Å²) in [4.78, 5) is 0. The van der Waals surface area contributed by atoms with Crippen LogP contribution < -0.4 is 0 Å². The molecule has 0 aromatic heterocycles. The summed E-state index contributed by atoms with van der Waals surface area (Å²) < 4.78 is 39.4. The van der Waals surface area contributed by atoms with Crippen LogP contribution in [0.4, 0.5) is 13.2 Å². The highest BCUT2D eigenvalue weighted by Crippen LogP contribution is 2.53. The van der Waals surface area contributed by atoms with Crippen molar-refractivity contribution in [3.63, 3.8) is 0 Å². The molecule has 1 heterocycles. The molecule has 1 saturated heterocycles. The molecular weight excluding hydrogens is 313 g/mol. The first-order valence-electron chi connectivity index (χ1n) is 6.62. The molecule has 0 bridgehead atoms. The largest absolute Gasteiger partial charge is 0.394 e. The summed E-state index contributed by atoms with van der Waals surface area (Å²) in [7, 11) is 0. The fraction of sp³-hybridized carbons (Fsp3) is 0.500. The molecular formula is C16H17F3S2. The van der Waals surface area contributed by atoms with E-state index in [2.05, 4.69) is 5.92 Å². The smallest absolute Gasteiger partial charge is 0.171 e. The van der Waals surface area contributed by atoms with Crippen LogP contribution in [-0.4, -0.2) is 17.7 Å². The van der Waals surface area contributed by atoms with E-state index in [-0.39, 0.29) is 10.5 Å². The molecule has 1 aliphatic heterocycles. The Labute approximate surface area is 132 Å². The van der Waals surface area contributed by atoms with Crippen LogP contribution in [0.5, 0.6) is 0 Å². The lowest BCUT2D eigenvalue weighted by atomic mass is 9.80. The van der Waals surface area contributed by atoms with Crippen molar-refractivity contribution < 1.29 is 13.2 Å². The fourth-order valence-corrected chi connectivity index (χ4v) is 5.67. The molecule has 2 rings (SSSR count). The Bertz CT molecular complexity index is 518. The van der Waals surface area contributed by atoms with E-state index in [1.807, 2.05) is 24.3 Å². The number of terminal acetylenes is 1. The minimum Gasteiger partial charge on any atom is -0.171 e. The zero-order chi connectivity index (χ0) is 15.7. The molecule has 0 saturated carbocycles. The van der Waals surface area contributed by atoms with Crippen LogP contribution in [0.1, 0.15) is 29.6 Å². The number of thioether (sulfide) groups is 2. The van der Waals surface area contributed by atoms with E-state index in [9.17, 15) is 13.2 Å². The van der Waals surface area contributed by atoms with Gasteiger partial charge in [-0.15, -0.1) is 29.9 Å². The minimum absolute atomic E-state index is 0.192. The Morgan fingerprint density at radius 2 is 1.62 bits per heavy atom. The summed E-state index contributed by atoms with van der Waals surface area (Å²) in [6.45, 7) is 2.61. The second kappa shape index (κ2) is 6.18. The molecule has 0 aliphatic carbocycles. The third-order valence-electron chi connectivity index (χ3n) is 4.00. The van der Waals surface area contributed by atoms with Crippen molar-refractivity contribution in [1.82, 2.24) is 0 Å². The standard InChI is InChI=1S/C16H17F3S2/c1-4-11-5-7-12(8-6-11)14-20-9-13(10-21-14)15(2,3)16(17,18)19/h1,5-8,13-14H,9-10H2,2-3H3. The van der Waals surface area contributed by atoms with Crippen LogP contribution in [0, 0.1) is 23.7 Å². The van der Waals surface area contributed by atoms with Gasteiger partial charge in [0.15, 0.2) is 0 Å². The third-order valence-corrected chi connectivity index (χ3v) is 7.15. The fourth-order valence-electron chi connectivity index (χ4n) is 2.08. The maximum Gasteiger partial charge on any atom is 0.394 e. The Balaban J connectivity index is 2.02. The second-order valence-corrected chi connectivity index (χ2v) is 8.26. The first kappa shape index (κ1) is 16.6. The van der Waals surface area contributed by atoms with E-state index in [4.69, 9.17) is 6.42 Å². The zero-order valence-electron chi connectivity index (χ0n) is 11.9. The average molecular weight is 330 g/mol. The van der Waals surface area contributed by atoms with Crippen molar-refractivity contribution in [2.75, 3.05) is 11.5 Å². The molecule has 5 heteroatoms. The molecule has 21 heavy (non-hydrogen) atoms. The number of rotatable bonds is 2. The Kier molecular flexibility index (Phi) is 4.89. The average Bonchev–Trinajstić information content (AvgIpc) is 2.46. The van der Waals surface area contributed by atoms with Crippen LogP contribution in [-0.2, 0) is 0 Å². The van der Waals surface area contributed by atoms with Crippen LogP contribution >= 0.6 is 23.5 Å². The Morgan fingerprint density at radius 1 is 1.10 bits per heavy atom. The van der Waals surface area contributed by atoms with Gasteiger partial charge in [0.25, 0.3) is 0 Å². The number of hydrogen-bond donors (Lipinski definition) is 0. The molecule has 0 nitrogen and oxygen atoms in total. The van der Waals surface area contributed by atoms with E-state index in [1.165, 1.54) is 13.8 Å². The highest BCUT2D eigenvalue weighted by molar-refractivity contribution is 8.16. The summed E-state index contributed by atoms with van der Waals surface area (Å²) in [6, 6.07) is 7.69. The minimum atomic E-state index is -4.15. The number of benzene rings is 1. The highest BCUT2D eigenvalue weighted by atomic mass is 32.2. The molecule has 1 aromatic rings. The van der Waals surface area contributed by atoms with E-state index >= 15 is 0 Å². The summed E-state index contributed by atoms with van der Waals surface area (Å²) in [6.07, 6.45) is 1.17. The normalized spacial score (nSPS) is 23.6. The van der Waals surface area contributed by atoms with Gasteiger partial charge < -0.3 is 0 Å². The van der Waals surface area contributed by atoms with Gasteiger partial charge in [-0.1, -0.05) is 31.9 Å². The maximum absolute atomic E-state index is 13.1. The molecule has 114 valence electrons. The van der Waals surface area contributed by atoms with Crippen LogP contribution in [0.3, 0.4) is 0 Å². The van der Waals surface area contributed by atoms with Gasteiger partial charge in [-0.25, -0.2) is 0 Å². The molecule has 1 fully saturated rings. The topological polar surface area (TPSA) is 0 Å². The first-order chi connectivity index (χ1) is 9.75. The van der Waals surface area contributed by atoms with Crippen molar-refractivity contribution in [3.05, 3.63) is 35.4 Å². The van der Waals surface area contributed by atoms with Gasteiger partial charge in [0, 0.05) is 5.56 Å². The molecule has 0 unspecified atom stereocenters. The predicted octanol–water partition coefficient (Wildman–Crippen LogP) is 5.35. The number of halogens is 3. The first-order valence-corrected chi connectivity index (χ1v) is 8.72. The van der Waals surface area contributed by atoms with Gasteiger partial charge >= 0.3 is 6.18 Å². The second-order valence-electron chi connectivity index (χ2n) is 5.68. The van der Waals surface area contributed by atoms with Crippen LogP contribution in [0.15, 0.2) is 24.3 Å². The lowest BCUT2D eigenvalue weighted by Crippen LogP contribution is -2.42.